The standard InChI is InChI=1S/C60H99O11P/c1-4-7-10-13-16-19-22-25-27-28-30-32-34-37-40-43-46-49-58(62)67-53-57(71-60(64)51-48-45-42-39-36-33-29-26-23-20-17-14-11-8-5-2)55-69-72(65,66)68-54-56(52-61)70-59(63)50-47-44-41-38-35-31-24-21-18-15-12-9-6-3/h7-12,16-21,25-27,29,31,35,56-57,61H,4-6,13-15,22-24,28,30,32-34,36-55H2,1-3H3,(H,65,66)/b10-7-,11-8-,12-9-,19-16-,20-17-,21-18-,27-25-,29-26-,35-31-. The van der Waals surface area contributed by atoms with Crippen molar-refractivity contribution >= 4 is 25.7 Å². The lowest BCUT2D eigenvalue weighted by atomic mass is 10.1. The maximum atomic E-state index is 12.9. The second-order valence-electron chi connectivity index (χ2n) is 18.0. The van der Waals surface area contributed by atoms with E-state index in [1.54, 1.807) is 0 Å². The molecule has 72 heavy (non-hydrogen) atoms. The molecule has 0 saturated heterocycles. The van der Waals surface area contributed by atoms with Crippen LogP contribution in [0.15, 0.2) is 109 Å². The number of ether oxygens (including phenoxy) is 3. The molecular weight excluding hydrogens is 928 g/mol. The molecule has 3 unspecified atom stereocenters. The minimum Gasteiger partial charge on any atom is -0.462 e. The lowest BCUT2D eigenvalue weighted by molar-refractivity contribution is -0.161. The van der Waals surface area contributed by atoms with Gasteiger partial charge in [0.1, 0.15) is 12.7 Å². The molecule has 0 aliphatic carbocycles. The molecule has 0 aromatic carbocycles. The zero-order valence-corrected chi connectivity index (χ0v) is 46.0. The van der Waals surface area contributed by atoms with Gasteiger partial charge in [-0.05, 0) is 116 Å². The van der Waals surface area contributed by atoms with Crippen molar-refractivity contribution in [2.24, 2.45) is 0 Å². The van der Waals surface area contributed by atoms with E-state index in [1.165, 1.54) is 12.8 Å². The van der Waals surface area contributed by atoms with Crippen LogP contribution in [0, 0.1) is 0 Å². The number of carbonyl (C=O) groups excluding carboxylic acids is 3. The van der Waals surface area contributed by atoms with E-state index in [2.05, 4.69) is 130 Å². The molecule has 0 fully saturated rings. The van der Waals surface area contributed by atoms with Crippen LogP contribution in [0.4, 0.5) is 0 Å². The fourth-order valence-corrected chi connectivity index (χ4v) is 7.83. The van der Waals surface area contributed by atoms with Crippen molar-refractivity contribution in [2.75, 3.05) is 26.4 Å². The number of esters is 3. The molecule has 0 spiro atoms. The number of unbranched alkanes of at least 4 members (excludes halogenated alkanes) is 15. The predicted octanol–water partition coefficient (Wildman–Crippen LogP) is 16.2. The fourth-order valence-electron chi connectivity index (χ4n) is 7.04. The number of phosphoric ester groups is 1. The summed E-state index contributed by atoms with van der Waals surface area (Å²) < 4.78 is 39.4. The molecule has 2 N–H and O–H groups in total. The van der Waals surface area contributed by atoms with Gasteiger partial charge < -0.3 is 24.2 Å². The van der Waals surface area contributed by atoms with Gasteiger partial charge in [0, 0.05) is 19.3 Å². The molecule has 0 aliphatic rings. The average molecular weight is 1030 g/mol. The first kappa shape index (κ1) is 68.1. The number of aliphatic hydroxyl groups excluding tert-OH is 1. The molecule has 410 valence electrons. The first-order valence-corrected chi connectivity index (χ1v) is 29.3. The molecule has 0 bridgehead atoms. The van der Waals surface area contributed by atoms with Crippen molar-refractivity contribution in [3.05, 3.63) is 109 Å². The van der Waals surface area contributed by atoms with Crippen LogP contribution < -0.4 is 0 Å². The monoisotopic (exact) mass is 1030 g/mol. The van der Waals surface area contributed by atoms with Gasteiger partial charge in [-0.15, -0.1) is 0 Å². The van der Waals surface area contributed by atoms with E-state index in [0.717, 1.165) is 141 Å². The van der Waals surface area contributed by atoms with E-state index >= 15 is 0 Å². The highest BCUT2D eigenvalue weighted by Crippen LogP contribution is 2.43. The largest absolute Gasteiger partial charge is 0.472 e. The van der Waals surface area contributed by atoms with Crippen LogP contribution in [0.5, 0.6) is 0 Å². The molecule has 0 rings (SSSR count). The third kappa shape index (κ3) is 51.1. The summed E-state index contributed by atoms with van der Waals surface area (Å²) in [7, 11) is -4.77. The van der Waals surface area contributed by atoms with E-state index in [4.69, 9.17) is 23.3 Å². The Hall–Kier alpha value is -3.86. The minimum absolute atomic E-state index is 0.135. The Morgan fingerprint density at radius 3 is 1.06 bits per heavy atom. The Morgan fingerprint density at radius 2 is 0.681 bits per heavy atom. The quantitative estimate of drug-likeness (QED) is 0.0197. The lowest BCUT2D eigenvalue weighted by Crippen LogP contribution is -2.30. The van der Waals surface area contributed by atoms with Gasteiger partial charge in [0.05, 0.1) is 19.8 Å². The summed E-state index contributed by atoms with van der Waals surface area (Å²) in [6.07, 6.45) is 63.4. The van der Waals surface area contributed by atoms with Crippen LogP contribution in [0.1, 0.15) is 213 Å². The number of hydrogen-bond acceptors (Lipinski definition) is 10. The van der Waals surface area contributed by atoms with Crippen LogP contribution in [0.3, 0.4) is 0 Å². The second-order valence-corrected chi connectivity index (χ2v) is 19.4. The number of rotatable bonds is 50. The van der Waals surface area contributed by atoms with Crippen LogP contribution in [-0.4, -0.2) is 66.5 Å². The average Bonchev–Trinajstić information content (AvgIpc) is 3.37. The van der Waals surface area contributed by atoms with E-state index in [1.807, 2.05) is 0 Å². The fraction of sp³-hybridized carbons (Fsp3) is 0.650. The molecular formula is C60H99O11P. The SMILES string of the molecule is CC/C=C\C/C=C\C/C=C\CCCCCCCCCC(=O)OCC(COP(=O)(O)OCC(CO)OC(=O)CCCCC/C=C\C/C=C\C/C=C\CC)OC(=O)CCCCCCC/C=C\C/C=C\C/C=C\CC. The van der Waals surface area contributed by atoms with Crippen LogP contribution in [0.2, 0.25) is 0 Å². The number of allylic oxidation sites excluding steroid dienone is 18. The number of phosphoric acid groups is 1. The van der Waals surface area contributed by atoms with Gasteiger partial charge in [-0.2, -0.15) is 0 Å². The molecule has 0 heterocycles. The van der Waals surface area contributed by atoms with Gasteiger partial charge in [-0.1, -0.05) is 188 Å². The Labute approximate surface area is 437 Å². The zero-order valence-electron chi connectivity index (χ0n) is 45.1. The number of carbonyl (C=O) groups is 3. The van der Waals surface area contributed by atoms with Gasteiger partial charge in [0.25, 0.3) is 0 Å². The molecule has 0 saturated carbocycles. The topological polar surface area (TPSA) is 155 Å². The lowest BCUT2D eigenvalue weighted by Gasteiger charge is -2.21. The normalized spacial score (nSPS) is 14.2. The molecule has 12 heteroatoms. The van der Waals surface area contributed by atoms with Gasteiger partial charge in [-0.3, -0.25) is 23.4 Å². The van der Waals surface area contributed by atoms with Gasteiger partial charge in [-0.25, -0.2) is 4.57 Å². The Kier molecular flexibility index (Phi) is 50.6. The van der Waals surface area contributed by atoms with E-state index < -0.39 is 57.8 Å². The van der Waals surface area contributed by atoms with Gasteiger partial charge in [0.15, 0.2) is 6.10 Å². The Balaban J connectivity index is 4.81. The first-order chi connectivity index (χ1) is 35.2. The molecule has 0 aromatic rings. The van der Waals surface area contributed by atoms with Crippen molar-refractivity contribution in [2.45, 2.75) is 226 Å². The van der Waals surface area contributed by atoms with Crippen LogP contribution in [0.25, 0.3) is 0 Å². The van der Waals surface area contributed by atoms with Crippen LogP contribution >= 0.6 is 7.82 Å². The third-order valence-corrected chi connectivity index (χ3v) is 12.1. The summed E-state index contributed by atoms with van der Waals surface area (Å²) in [4.78, 5) is 48.5. The molecule has 0 amide bonds. The van der Waals surface area contributed by atoms with E-state index in [0.29, 0.717) is 19.3 Å². The summed E-state index contributed by atoms with van der Waals surface area (Å²) in [6, 6.07) is 0. The van der Waals surface area contributed by atoms with E-state index in [-0.39, 0.29) is 25.9 Å². The zero-order chi connectivity index (χ0) is 52.7. The highest BCUT2D eigenvalue weighted by atomic mass is 31.2. The number of aliphatic hydroxyl groups is 1. The maximum absolute atomic E-state index is 12.9. The molecule has 0 aromatic heterocycles. The first-order valence-electron chi connectivity index (χ1n) is 27.8. The molecule has 11 nitrogen and oxygen atoms in total. The number of hydrogen-bond donors (Lipinski definition) is 2. The maximum Gasteiger partial charge on any atom is 0.472 e. The third-order valence-electron chi connectivity index (χ3n) is 11.2. The van der Waals surface area contributed by atoms with Gasteiger partial charge in [0.2, 0.25) is 0 Å². The summed E-state index contributed by atoms with van der Waals surface area (Å²) in [5, 5.41) is 9.79. The highest BCUT2D eigenvalue weighted by Gasteiger charge is 2.28. The highest BCUT2D eigenvalue weighted by molar-refractivity contribution is 7.47. The van der Waals surface area contributed by atoms with Crippen molar-refractivity contribution in [1.82, 2.24) is 0 Å². The summed E-state index contributed by atoms with van der Waals surface area (Å²) in [5.74, 6) is -1.54. The summed E-state index contributed by atoms with van der Waals surface area (Å²) in [5.41, 5.74) is 0. The Bertz CT molecular complexity index is 1620. The van der Waals surface area contributed by atoms with E-state index in [9.17, 15) is 28.9 Å². The van der Waals surface area contributed by atoms with Crippen molar-refractivity contribution in [1.29, 1.82) is 0 Å². The predicted molar refractivity (Wildman–Crippen MR) is 297 cm³/mol. The molecule has 0 aliphatic heterocycles. The van der Waals surface area contributed by atoms with Crippen molar-refractivity contribution in [3.8, 4) is 0 Å². The van der Waals surface area contributed by atoms with Crippen molar-refractivity contribution < 1.29 is 52.2 Å². The second kappa shape index (κ2) is 53.4. The van der Waals surface area contributed by atoms with Gasteiger partial charge >= 0.3 is 25.7 Å². The molecule has 0 radical (unpaired) electrons. The summed E-state index contributed by atoms with van der Waals surface area (Å²) >= 11 is 0. The smallest absolute Gasteiger partial charge is 0.462 e. The summed E-state index contributed by atoms with van der Waals surface area (Å²) in [6.45, 7) is 4.22. The minimum atomic E-state index is -4.77. The van der Waals surface area contributed by atoms with Crippen LogP contribution in [-0.2, 0) is 42.2 Å². The Morgan fingerprint density at radius 1 is 0.389 bits per heavy atom. The van der Waals surface area contributed by atoms with Crippen molar-refractivity contribution in [3.63, 3.8) is 0 Å². The molecule has 3 atom stereocenters.